The first-order valence-corrected chi connectivity index (χ1v) is 7.37. The van der Waals surface area contributed by atoms with Crippen LogP contribution in [0.2, 0.25) is 0 Å². The second-order valence-corrected chi connectivity index (χ2v) is 6.94. The lowest BCUT2D eigenvalue weighted by Crippen LogP contribution is -2.33. The molecule has 0 spiro atoms. The lowest BCUT2D eigenvalue weighted by Gasteiger charge is -2.41. The molecule has 0 N–H and O–H groups in total. The van der Waals surface area contributed by atoms with Crippen LogP contribution in [0.3, 0.4) is 0 Å². The quantitative estimate of drug-likeness (QED) is 0.748. The summed E-state index contributed by atoms with van der Waals surface area (Å²) in [7, 11) is 0. The SMILES string of the molecule is CC(C)C12CCC(CC(CC3COCO3)C1)C2. The largest absolute Gasteiger partial charge is 0.353 e. The first-order valence-electron chi connectivity index (χ1n) is 7.37. The fourth-order valence-corrected chi connectivity index (χ4v) is 4.61. The Bertz CT molecular complexity index is 270. The van der Waals surface area contributed by atoms with Gasteiger partial charge >= 0.3 is 0 Å². The topological polar surface area (TPSA) is 18.5 Å². The summed E-state index contributed by atoms with van der Waals surface area (Å²) in [6, 6.07) is 0. The molecule has 0 aromatic heterocycles. The van der Waals surface area contributed by atoms with Crippen LogP contribution in [0.1, 0.15) is 52.4 Å². The first kappa shape index (κ1) is 12.0. The Morgan fingerprint density at radius 2 is 2.18 bits per heavy atom. The third kappa shape index (κ3) is 2.26. The summed E-state index contributed by atoms with van der Waals surface area (Å²) in [4.78, 5) is 0. The van der Waals surface area contributed by atoms with Gasteiger partial charge in [0.2, 0.25) is 0 Å². The normalized spacial score (nSPS) is 45.7. The van der Waals surface area contributed by atoms with Crippen molar-refractivity contribution in [2.24, 2.45) is 23.2 Å². The van der Waals surface area contributed by atoms with Crippen LogP contribution in [0.15, 0.2) is 0 Å². The van der Waals surface area contributed by atoms with E-state index in [2.05, 4.69) is 13.8 Å². The monoisotopic (exact) mass is 238 g/mol. The minimum absolute atomic E-state index is 0.390. The highest BCUT2D eigenvalue weighted by atomic mass is 16.7. The van der Waals surface area contributed by atoms with Gasteiger partial charge in [-0.2, -0.15) is 0 Å². The zero-order valence-electron chi connectivity index (χ0n) is 11.3. The Balaban J connectivity index is 1.63. The van der Waals surface area contributed by atoms with Crippen molar-refractivity contribution in [3.05, 3.63) is 0 Å². The van der Waals surface area contributed by atoms with Gasteiger partial charge in [0.15, 0.2) is 0 Å². The second-order valence-electron chi connectivity index (χ2n) is 6.94. The van der Waals surface area contributed by atoms with Crippen molar-refractivity contribution in [3.63, 3.8) is 0 Å². The molecule has 4 atom stereocenters. The lowest BCUT2D eigenvalue weighted by atomic mass is 9.64. The molecule has 2 bridgehead atoms. The van der Waals surface area contributed by atoms with Gasteiger partial charge in [0.1, 0.15) is 6.79 Å². The summed E-state index contributed by atoms with van der Waals surface area (Å²) in [6.45, 7) is 6.21. The van der Waals surface area contributed by atoms with Crippen molar-refractivity contribution in [2.45, 2.75) is 58.5 Å². The van der Waals surface area contributed by atoms with Gasteiger partial charge in [-0.15, -0.1) is 0 Å². The molecule has 1 saturated heterocycles. The summed E-state index contributed by atoms with van der Waals surface area (Å²) < 4.78 is 10.9. The summed E-state index contributed by atoms with van der Waals surface area (Å²) >= 11 is 0. The molecule has 17 heavy (non-hydrogen) atoms. The molecule has 1 heterocycles. The Kier molecular flexibility index (Phi) is 3.20. The second kappa shape index (κ2) is 4.55. The molecule has 2 nitrogen and oxygen atoms in total. The standard InChI is InChI=1S/C15H26O2/c1-11(2)15-4-3-12(7-15)5-13(8-15)6-14-9-16-10-17-14/h11-14H,3-10H2,1-2H3. The minimum Gasteiger partial charge on any atom is -0.353 e. The highest BCUT2D eigenvalue weighted by Crippen LogP contribution is 2.57. The van der Waals surface area contributed by atoms with E-state index in [1.165, 1.54) is 38.5 Å². The van der Waals surface area contributed by atoms with Crippen LogP contribution in [-0.2, 0) is 9.47 Å². The molecule has 2 saturated carbocycles. The van der Waals surface area contributed by atoms with Crippen LogP contribution in [-0.4, -0.2) is 19.5 Å². The Morgan fingerprint density at radius 3 is 2.88 bits per heavy atom. The van der Waals surface area contributed by atoms with Crippen LogP contribution in [0.25, 0.3) is 0 Å². The maximum absolute atomic E-state index is 5.62. The van der Waals surface area contributed by atoms with Gasteiger partial charge in [0, 0.05) is 0 Å². The lowest BCUT2D eigenvalue weighted by molar-refractivity contribution is 0.0260. The minimum atomic E-state index is 0.390. The molecule has 3 fully saturated rings. The first-order chi connectivity index (χ1) is 8.18. The molecule has 0 aromatic rings. The van der Waals surface area contributed by atoms with Crippen molar-refractivity contribution in [1.82, 2.24) is 0 Å². The zero-order valence-corrected chi connectivity index (χ0v) is 11.3. The van der Waals surface area contributed by atoms with Crippen LogP contribution in [0.4, 0.5) is 0 Å². The Hall–Kier alpha value is -0.0800. The molecule has 2 aliphatic carbocycles. The van der Waals surface area contributed by atoms with Crippen molar-refractivity contribution in [3.8, 4) is 0 Å². The molecule has 1 aliphatic heterocycles. The van der Waals surface area contributed by atoms with E-state index >= 15 is 0 Å². The number of rotatable bonds is 3. The average molecular weight is 238 g/mol. The highest BCUT2D eigenvalue weighted by Gasteiger charge is 2.47. The van der Waals surface area contributed by atoms with Gasteiger partial charge in [-0.25, -0.2) is 0 Å². The van der Waals surface area contributed by atoms with E-state index in [1.54, 1.807) is 0 Å². The van der Waals surface area contributed by atoms with Crippen LogP contribution < -0.4 is 0 Å². The smallest absolute Gasteiger partial charge is 0.147 e. The Labute approximate surface area is 105 Å². The molecule has 0 amide bonds. The number of hydrogen-bond donors (Lipinski definition) is 0. The van der Waals surface area contributed by atoms with E-state index in [9.17, 15) is 0 Å². The summed E-state index contributed by atoms with van der Waals surface area (Å²) in [5, 5.41) is 0. The van der Waals surface area contributed by atoms with Gasteiger partial charge in [-0.05, 0) is 61.7 Å². The van der Waals surface area contributed by atoms with Crippen molar-refractivity contribution >= 4 is 0 Å². The van der Waals surface area contributed by atoms with Gasteiger partial charge in [-0.1, -0.05) is 13.8 Å². The molecule has 2 heteroatoms. The van der Waals surface area contributed by atoms with E-state index in [4.69, 9.17) is 9.47 Å². The molecule has 4 unspecified atom stereocenters. The van der Waals surface area contributed by atoms with Crippen molar-refractivity contribution < 1.29 is 9.47 Å². The fourth-order valence-electron chi connectivity index (χ4n) is 4.61. The highest BCUT2D eigenvalue weighted by molar-refractivity contribution is 4.98. The van der Waals surface area contributed by atoms with E-state index in [-0.39, 0.29) is 0 Å². The van der Waals surface area contributed by atoms with Crippen molar-refractivity contribution in [2.75, 3.05) is 13.4 Å². The average Bonchev–Trinajstić information content (AvgIpc) is 2.88. The number of fused-ring (bicyclic) bond motifs is 2. The predicted molar refractivity (Wildman–Crippen MR) is 67.6 cm³/mol. The molecule has 0 radical (unpaired) electrons. The molecule has 3 rings (SSSR count). The van der Waals surface area contributed by atoms with E-state index in [1.807, 2.05) is 0 Å². The van der Waals surface area contributed by atoms with Gasteiger partial charge in [0.05, 0.1) is 12.7 Å². The van der Waals surface area contributed by atoms with Gasteiger partial charge in [-0.3, -0.25) is 0 Å². The predicted octanol–water partition coefficient (Wildman–Crippen LogP) is 3.60. The number of hydrogen-bond acceptors (Lipinski definition) is 2. The molecular formula is C15H26O2. The Morgan fingerprint density at radius 1 is 1.29 bits per heavy atom. The maximum Gasteiger partial charge on any atom is 0.147 e. The third-order valence-corrected chi connectivity index (χ3v) is 5.62. The molecule has 0 aromatic carbocycles. The van der Waals surface area contributed by atoms with E-state index in [0.717, 1.165) is 24.4 Å². The molecular weight excluding hydrogens is 212 g/mol. The van der Waals surface area contributed by atoms with E-state index < -0.39 is 0 Å². The van der Waals surface area contributed by atoms with E-state index in [0.29, 0.717) is 18.3 Å². The fraction of sp³-hybridized carbons (Fsp3) is 1.00. The maximum atomic E-state index is 5.62. The van der Waals surface area contributed by atoms with Crippen LogP contribution in [0, 0.1) is 23.2 Å². The van der Waals surface area contributed by atoms with Crippen LogP contribution >= 0.6 is 0 Å². The van der Waals surface area contributed by atoms with Gasteiger partial charge in [0.25, 0.3) is 0 Å². The zero-order chi connectivity index (χ0) is 11.9. The van der Waals surface area contributed by atoms with Crippen molar-refractivity contribution in [1.29, 1.82) is 0 Å². The summed E-state index contributed by atoms with van der Waals surface area (Å²) in [6.07, 6.45) is 9.00. The molecule has 98 valence electrons. The third-order valence-electron chi connectivity index (χ3n) is 5.62. The number of ether oxygens (including phenoxy) is 2. The molecule has 3 aliphatic rings. The summed E-state index contributed by atoms with van der Waals surface area (Å²) in [5.74, 6) is 2.76. The van der Waals surface area contributed by atoms with Gasteiger partial charge < -0.3 is 9.47 Å². The van der Waals surface area contributed by atoms with Crippen LogP contribution in [0.5, 0.6) is 0 Å². The summed E-state index contributed by atoms with van der Waals surface area (Å²) in [5.41, 5.74) is 0.674.